The van der Waals surface area contributed by atoms with Crippen LogP contribution < -0.4 is 14.4 Å². The number of nitrogens with zero attached hydrogens (tertiary/aromatic N) is 2. The highest BCUT2D eigenvalue weighted by Gasteiger charge is 2.28. The molecule has 2 aliphatic heterocycles. The van der Waals surface area contributed by atoms with Gasteiger partial charge in [-0.15, -0.1) is 0 Å². The summed E-state index contributed by atoms with van der Waals surface area (Å²) >= 11 is 0. The minimum absolute atomic E-state index is 0.103. The summed E-state index contributed by atoms with van der Waals surface area (Å²) in [6.07, 6.45) is 2.97. The summed E-state index contributed by atoms with van der Waals surface area (Å²) in [5, 5.41) is 3.06. The van der Waals surface area contributed by atoms with Gasteiger partial charge in [0.1, 0.15) is 5.75 Å². The third-order valence-corrected chi connectivity index (χ3v) is 7.92. The Hall–Kier alpha value is -2.58. The maximum Gasteiger partial charge on any atom is 0.251 e. The first-order chi connectivity index (χ1) is 15.0. The SMILES string of the molecule is COc1ccc([C@@H](CNC(=O)c2ccc(N3CCCS3(=O)=O)cc2)N2CCCC2)cc1. The number of carbonyl (C=O) groups is 1. The Labute approximate surface area is 184 Å². The third kappa shape index (κ3) is 4.85. The van der Waals surface area contributed by atoms with Crippen molar-refractivity contribution in [2.45, 2.75) is 25.3 Å². The van der Waals surface area contributed by atoms with Crippen LogP contribution in [0.2, 0.25) is 0 Å². The molecular weight excluding hydrogens is 414 g/mol. The number of hydrogen-bond donors (Lipinski definition) is 1. The van der Waals surface area contributed by atoms with Crippen LogP contribution in [0.3, 0.4) is 0 Å². The second kappa shape index (κ2) is 9.28. The van der Waals surface area contributed by atoms with Gasteiger partial charge in [-0.1, -0.05) is 12.1 Å². The van der Waals surface area contributed by atoms with Crippen LogP contribution in [0.4, 0.5) is 5.69 Å². The van der Waals surface area contributed by atoms with Gasteiger partial charge in [-0.25, -0.2) is 8.42 Å². The molecule has 2 saturated heterocycles. The van der Waals surface area contributed by atoms with Gasteiger partial charge in [0, 0.05) is 18.7 Å². The van der Waals surface area contributed by atoms with E-state index in [0.29, 0.717) is 30.8 Å². The molecule has 1 N–H and O–H groups in total. The first-order valence-electron chi connectivity index (χ1n) is 10.7. The Morgan fingerprint density at radius 3 is 2.26 bits per heavy atom. The van der Waals surface area contributed by atoms with E-state index in [-0.39, 0.29) is 17.7 Å². The molecule has 2 aliphatic rings. The molecule has 2 fully saturated rings. The van der Waals surface area contributed by atoms with Crippen LogP contribution in [0.25, 0.3) is 0 Å². The van der Waals surface area contributed by atoms with Crippen molar-refractivity contribution in [2.75, 3.05) is 43.3 Å². The number of nitrogens with one attached hydrogen (secondary N) is 1. The van der Waals surface area contributed by atoms with E-state index in [1.165, 1.54) is 17.1 Å². The molecule has 1 atom stereocenters. The molecule has 0 aromatic heterocycles. The maximum atomic E-state index is 12.8. The molecular formula is C23H29N3O4S. The molecule has 0 unspecified atom stereocenters. The molecule has 0 aliphatic carbocycles. The van der Waals surface area contributed by atoms with Crippen LogP contribution in [-0.4, -0.2) is 58.3 Å². The zero-order chi connectivity index (χ0) is 21.8. The van der Waals surface area contributed by atoms with Crippen LogP contribution in [0.5, 0.6) is 5.75 Å². The van der Waals surface area contributed by atoms with Gasteiger partial charge in [-0.2, -0.15) is 0 Å². The standard InChI is InChI=1S/C23H29N3O4S/c1-30-21-11-7-18(8-12-21)22(25-13-2-3-14-25)17-24-23(27)19-5-9-20(10-6-19)26-15-4-16-31(26,28)29/h5-12,22H,2-4,13-17H2,1H3,(H,24,27)/t22-/m1/s1. The highest BCUT2D eigenvalue weighted by Crippen LogP contribution is 2.27. The Bertz CT molecular complexity index is 1000. The van der Waals surface area contributed by atoms with Gasteiger partial charge in [0.2, 0.25) is 10.0 Å². The van der Waals surface area contributed by atoms with Gasteiger partial charge < -0.3 is 10.1 Å². The fourth-order valence-corrected chi connectivity index (χ4v) is 5.90. The van der Waals surface area contributed by atoms with E-state index in [1.54, 1.807) is 31.4 Å². The lowest BCUT2D eigenvalue weighted by Gasteiger charge is -2.28. The molecule has 0 radical (unpaired) electrons. The van der Waals surface area contributed by atoms with Gasteiger partial charge >= 0.3 is 0 Å². The number of ether oxygens (including phenoxy) is 1. The van der Waals surface area contributed by atoms with Crippen LogP contribution in [-0.2, 0) is 10.0 Å². The summed E-state index contributed by atoms with van der Waals surface area (Å²) < 4.78 is 30.9. The van der Waals surface area contributed by atoms with Crippen LogP contribution >= 0.6 is 0 Å². The minimum atomic E-state index is -3.22. The van der Waals surface area contributed by atoms with Gasteiger partial charge in [0.25, 0.3) is 5.91 Å². The number of sulfonamides is 1. The Kier molecular flexibility index (Phi) is 6.48. The van der Waals surface area contributed by atoms with Crippen molar-refractivity contribution >= 4 is 21.6 Å². The minimum Gasteiger partial charge on any atom is -0.497 e. The topological polar surface area (TPSA) is 79.0 Å². The van der Waals surface area contributed by atoms with Crippen LogP contribution in [0.15, 0.2) is 48.5 Å². The fraction of sp³-hybridized carbons (Fsp3) is 0.435. The number of methoxy groups -OCH3 is 1. The second-order valence-corrected chi connectivity index (χ2v) is 10.0. The molecule has 0 bridgehead atoms. The number of rotatable bonds is 7. The smallest absolute Gasteiger partial charge is 0.251 e. The Morgan fingerprint density at radius 2 is 1.68 bits per heavy atom. The summed E-state index contributed by atoms with van der Waals surface area (Å²) in [6.45, 7) is 3.04. The van der Waals surface area contributed by atoms with Crippen molar-refractivity contribution in [1.82, 2.24) is 10.2 Å². The largest absolute Gasteiger partial charge is 0.497 e. The summed E-state index contributed by atoms with van der Waals surface area (Å²) in [5.41, 5.74) is 2.29. The lowest BCUT2D eigenvalue weighted by molar-refractivity contribution is 0.0938. The number of anilines is 1. The molecule has 1 amide bonds. The lowest BCUT2D eigenvalue weighted by Crippen LogP contribution is -2.36. The molecule has 7 nitrogen and oxygen atoms in total. The summed E-state index contributed by atoms with van der Waals surface area (Å²) in [7, 11) is -1.57. The molecule has 166 valence electrons. The first-order valence-corrected chi connectivity index (χ1v) is 12.4. The first kappa shape index (κ1) is 21.6. The molecule has 0 spiro atoms. The number of hydrogen-bond acceptors (Lipinski definition) is 5. The predicted molar refractivity (Wildman–Crippen MR) is 121 cm³/mol. The predicted octanol–water partition coefficient (Wildman–Crippen LogP) is 2.80. The van der Waals surface area contributed by atoms with Crippen molar-refractivity contribution < 1.29 is 17.9 Å². The summed E-state index contributed by atoms with van der Waals surface area (Å²) in [4.78, 5) is 15.2. The van der Waals surface area contributed by atoms with E-state index in [2.05, 4.69) is 22.3 Å². The third-order valence-electron chi connectivity index (χ3n) is 6.05. The lowest BCUT2D eigenvalue weighted by atomic mass is 10.0. The number of amides is 1. The maximum absolute atomic E-state index is 12.8. The Morgan fingerprint density at radius 1 is 1.00 bits per heavy atom. The van der Waals surface area contributed by atoms with Crippen molar-refractivity contribution in [3.63, 3.8) is 0 Å². The number of carbonyl (C=O) groups excluding carboxylic acids is 1. The highest BCUT2D eigenvalue weighted by molar-refractivity contribution is 7.93. The molecule has 2 aromatic rings. The Balaban J connectivity index is 1.43. The van der Waals surface area contributed by atoms with Crippen molar-refractivity contribution in [3.05, 3.63) is 59.7 Å². The van der Waals surface area contributed by atoms with E-state index in [9.17, 15) is 13.2 Å². The van der Waals surface area contributed by atoms with E-state index in [4.69, 9.17) is 4.74 Å². The van der Waals surface area contributed by atoms with Crippen molar-refractivity contribution in [1.29, 1.82) is 0 Å². The number of benzene rings is 2. The average Bonchev–Trinajstić information content (AvgIpc) is 3.44. The van der Waals surface area contributed by atoms with E-state index >= 15 is 0 Å². The number of likely N-dealkylation sites (tertiary alicyclic amines) is 1. The van der Waals surface area contributed by atoms with E-state index < -0.39 is 10.0 Å². The summed E-state index contributed by atoms with van der Waals surface area (Å²) in [5.74, 6) is 0.833. The quantitative estimate of drug-likeness (QED) is 0.712. The van der Waals surface area contributed by atoms with Crippen molar-refractivity contribution in [3.8, 4) is 5.75 Å². The molecule has 4 rings (SSSR count). The fourth-order valence-electron chi connectivity index (χ4n) is 4.34. The van der Waals surface area contributed by atoms with E-state index in [1.807, 2.05) is 12.1 Å². The van der Waals surface area contributed by atoms with Crippen LogP contribution in [0, 0.1) is 0 Å². The highest BCUT2D eigenvalue weighted by atomic mass is 32.2. The zero-order valence-electron chi connectivity index (χ0n) is 17.8. The molecule has 8 heteroatoms. The molecule has 2 aromatic carbocycles. The van der Waals surface area contributed by atoms with Crippen LogP contribution in [0.1, 0.15) is 41.2 Å². The normalized spacial score (nSPS) is 19.3. The summed E-state index contributed by atoms with van der Waals surface area (Å²) in [6, 6.07) is 14.9. The second-order valence-electron chi connectivity index (χ2n) is 8.03. The van der Waals surface area contributed by atoms with Gasteiger partial charge in [0.15, 0.2) is 0 Å². The van der Waals surface area contributed by atoms with Gasteiger partial charge in [0.05, 0.1) is 24.6 Å². The van der Waals surface area contributed by atoms with Gasteiger partial charge in [-0.3, -0.25) is 14.0 Å². The monoisotopic (exact) mass is 443 g/mol. The molecule has 0 saturated carbocycles. The average molecular weight is 444 g/mol. The van der Waals surface area contributed by atoms with E-state index in [0.717, 1.165) is 24.4 Å². The molecule has 2 heterocycles. The zero-order valence-corrected chi connectivity index (χ0v) is 18.6. The van der Waals surface area contributed by atoms with Crippen molar-refractivity contribution in [2.24, 2.45) is 0 Å². The molecule has 31 heavy (non-hydrogen) atoms. The van der Waals surface area contributed by atoms with Gasteiger partial charge in [-0.05, 0) is 74.3 Å².